The van der Waals surface area contributed by atoms with E-state index in [1.807, 2.05) is 44.2 Å². The molecule has 0 atom stereocenters. The molecule has 0 bridgehead atoms. The standard InChI is InChI=1S/C31H35NO4S2/c1-22(2)35-24-9-7-23(8-10-24)31-30(28-16-13-26(33-3)21-29(28)37-31)36-25-11-14-27(15-12-25)38-34-20-19-32-17-5-4-6-18-32/h7-16,21-22H,4-6,17-20H2,1-3H3. The number of hydrogen-bond acceptors (Lipinski definition) is 7. The van der Waals surface area contributed by atoms with Crippen LogP contribution in [-0.2, 0) is 4.18 Å². The molecule has 5 rings (SSSR count). The van der Waals surface area contributed by atoms with Crippen LogP contribution in [0.4, 0.5) is 0 Å². The van der Waals surface area contributed by atoms with Gasteiger partial charge in [-0.25, -0.2) is 0 Å². The van der Waals surface area contributed by atoms with Crippen molar-refractivity contribution in [1.82, 2.24) is 4.90 Å². The Hall–Kier alpha value is -2.71. The Bertz CT molecular complexity index is 1310. The fraction of sp³-hybridized carbons (Fsp3) is 0.355. The maximum atomic E-state index is 6.53. The highest BCUT2D eigenvalue weighted by Crippen LogP contribution is 2.47. The number of fused-ring (bicyclic) bond motifs is 1. The molecule has 0 saturated carbocycles. The lowest BCUT2D eigenvalue weighted by Gasteiger charge is -2.25. The van der Waals surface area contributed by atoms with Crippen molar-refractivity contribution in [2.75, 3.05) is 33.4 Å². The Morgan fingerprint density at radius 1 is 0.868 bits per heavy atom. The summed E-state index contributed by atoms with van der Waals surface area (Å²) >= 11 is 3.13. The monoisotopic (exact) mass is 549 g/mol. The van der Waals surface area contributed by atoms with Crippen LogP contribution in [0.15, 0.2) is 71.6 Å². The lowest BCUT2D eigenvalue weighted by Crippen LogP contribution is -2.32. The summed E-state index contributed by atoms with van der Waals surface area (Å²) in [5, 5.41) is 1.06. The zero-order valence-electron chi connectivity index (χ0n) is 22.3. The second kappa shape index (κ2) is 12.9. The number of hydrogen-bond donors (Lipinski definition) is 0. The van der Waals surface area contributed by atoms with Crippen molar-refractivity contribution in [3.63, 3.8) is 0 Å². The van der Waals surface area contributed by atoms with Gasteiger partial charge < -0.3 is 23.3 Å². The summed E-state index contributed by atoms with van der Waals surface area (Å²) in [6, 6.07) is 22.4. The van der Waals surface area contributed by atoms with E-state index >= 15 is 0 Å². The number of nitrogens with zero attached hydrogens (tertiary/aromatic N) is 1. The van der Waals surface area contributed by atoms with Crippen molar-refractivity contribution in [3.8, 4) is 33.4 Å². The van der Waals surface area contributed by atoms with Crippen LogP contribution in [0.5, 0.6) is 23.0 Å². The van der Waals surface area contributed by atoms with E-state index in [1.165, 1.54) is 44.4 Å². The number of ether oxygens (including phenoxy) is 3. The van der Waals surface area contributed by atoms with Crippen LogP contribution in [0, 0.1) is 0 Å². The van der Waals surface area contributed by atoms with E-state index in [0.29, 0.717) is 0 Å². The van der Waals surface area contributed by atoms with Gasteiger partial charge in [-0.2, -0.15) is 0 Å². The van der Waals surface area contributed by atoms with Gasteiger partial charge in [0.2, 0.25) is 0 Å². The van der Waals surface area contributed by atoms with E-state index in [-0.39, 0.29) is 6.10 Å². The molecule has 1 aromatic heterocycles. The van der Waals surface area contributed by atoms with E-state index in [4.69, 9.17) is 18.4 Å². The highest BCUT2D eigenvalue weighted by Gasteiger charge is 2.18. The molecule has 1 aliphatic heterocycles. The zero-order chi connectivity index (χ0) is 26.3. The van der Waals surface area contributed by atoms with Gasteiger partial charge in [0.15, 0.2) is 5.75 Å². The van der Waals surface area contributed by atoms with Crippen molar-refractivity contribution >= 4 is 33.5 Å². The molecule has 4 aromatic rings. The normalized spacial score (nSPS) is 14.2. The first-order valence-corrected chi connectivity index (χ1v) is 14.8. The van der Waals surface area contributed by atoms with Gasteiger partial charge in [-0.1, -0.05) is 6.42 Å². The second-order valence-electron chi connectivity index (χ2n) is 9.69. The summed E-state index contributed by atoms with van der Waals surface area (Å²) in [5.41, 5.74) is 1.09. The quantitative estimate of drug-likeness (QED) is 0.138. The lowest BCUT2D eigenvalue weighted by molar-refractivity contribution is 0.194. The molecular weight excluding hydrogens is 514 g/mol. The van der Waals surface area contributed by atoms with E-state index in [2.05, 4.69) is 41.3 Å². The third-order valence-corrected chi connectivity index (χ3v) is 8.41. The first-order valence-electron chi connectivity index (χ1n) is 13.3. The lowest BCUT2D eigenvalue weighted by atomic mass is 10.1. The van der Waals surface area contributed by atoms with Gasteiger partial charge in [-0.3, -0.25) is 0 Å². The summed E-state index contributed by atoms with van der Waals surface area (Å²) in [4.78, 5) is 4.63. The first kappa shape index (κ1) is 26.9. The van der Waals surface area contributed by atoms with Crippen molar-refractivity contribution in [1.29, 1.82) is 0 Å². The Balaban J connectivity index is 1.30. The van der Waals surface area contributed by atoms with Gasteiger partial charge in [-0.15, -0.1) is 11.3 Å². The molecule has 0 amide bonds. The van der Waals surface area contributed by atoms with Gasteiger partial charge in [0.25, 0.3) is 0 Å². The summed E-state index contributed by atoms with van der Waals surface area (Å²) < 4.78 is 24.8. The van der Waals surface area contributed by atoms with Crippen molar-refractivity contribution in [2.24, 2.45) is 0 Å². The minimum Gasteiger partial charge on any atom is -0.497 e. The van der Waals surface area contributed by atoms with E-state index in [0.717, 1.165) is 61.6 Å². The highest BCUT2D eigenvalue weighted by molar-refractivity contribution is 7.94. The van der Waals surface area contributed by atoms with Crippen LogP contribution >= 0.6 is 23.4 Å². The van der Waals surface area contributed by atoms with E-state index < -0.39 is 0 Å². The topological polar surface area (TPSA) is 40.2 Å². The number of likely N-dealkylation sites (tertiary alicyclic amines) is 1. The highest BCUT2D eigenvalue weighted by atomic mass is 32.2. The minimum atomic E-state index is 0.137. The smallest absolute Gasteiger partial charge is 0.153 e. The third-order valence-electron chi connectivity index (χ3n) is 6.48. The fourth-order valence-corrected chi connectivity index (χ4v) is 6.27. The molecule has 1 fully saturated rings. The molecule has 0 spiro atoms. The van der Waals surface area contributed by atoms with Gasteiger partial charge in [-0.05, 0) is 112 Å². The summed E-state index contributed by atoms with van der Waals surface area (Å²) in [6.45, 7) is 8.19. The Labute approximate surface area is 233 Å². The number of methoxy groups -OCH3 is 1. The number of rotatable bonds is 11. The summed E-state index contributed by atoms with van der Waals surface area (Å²) in [7, 11) is 1.69. The predicted octanol–water partition coefficient (Wildman–Crippen LogP) is 8.67. The third kappa shape index (κ3) is 6.83. The molecule has 5 nitrogen and oxygen atoms in total. The van der Waals surface area contributed by atoms with Crippen molar-refractivity contribution < 1.29 is 18.4 Å². The predicted molar refractivity (Wildman–Crippen MR) is 158 cm³/mol. The largest absolute Gasteiger partial charge is 0.497 e. The maximum Gasteiger partial charge on any atom is 0.153 e. The number of benzene rings is 3. The van der Waals surface area contributed by atoms with Gasteiger partial charge in [0.1, 0.15) is 17.2 Å². The average molecular weight is 550 g/mol. The first-order chi connectivity index (χ1) is 18.6. The van der Waals surface area contributed by atoms with Crippen LogP contribution in [0.1, 0.15) is 33.1 Å². The fourth-order valence-electron chi connectivity index (χ4n) is 4.57. The van der Waals surface area contributed by atoms with Crippen LogP contribution < -0.4 is 14.2 Å². The van der Waals surface area contributed by atoms with Crippen LogP contribution in [0.25, 0.3) is 20.5 Å². The van der Waals surface area contributed by atoms with Crippen molar-refractivity contribution in [3.05, 3.63) is 66.7 Å². The van der Waals surface area contributed by atoms with Crippen LogP contribution in [0.2, 0.25) is 0 Å². The molecule has 0 N–H and O–H groups in total. The SMILES string of the molecule is COc1ccc2c(Oc3ccc(SOCCN4CCCCC4)cc3)c(-c3ccc(OC(C)C)cc3)sc2c1. The Kier molecular flexibility index (Phi) is 9.12. The van der Waals surface area contributed by atoms with Gasteiger partial charge in [0.05, 0.1) is 24.7 Å². The Morgan fingerprint density at radius 2 is 1.58 bits per heavy atom. The van der Waals surface area contributed by atoms with E-state index in [9.17, 15) is 0 Å². The average Bonchev–Trinajstić information content (AvgIpc) is 3.30. The molecule has 3 aromatic carbocycles. The van der Waals surface area contributed by atoms with Crippen LogP contribution in [0.3, 0.4) is 0 Å². The molecule has 0 radical (unpaired) electrons. The van der Waals surface area contributed by atoms with Crippen LogP contribution in [-0.4, -0.2) is 44.4 Å². The van der Waals surface area contributed by atoms with E-state index in [1.54, 1.807) is 18.4 Å². The van der Waals surface area contributed by atoms with Gasteiger partial charge >= 0.3 is 0 Å². The molecule has 1 saturated heterocycles. The second-order valence-corrected chi connectivity index (χ2v) is 11.6. The Morgan fingerprint density at radius 3 is 2.29 bits per heavy atom. The van der Waals surface area contributed by atoms with Gasteiger partial charge in [0, 0.05) is 33.6 Å². The molecular formula is C31H35NO4S2. The molecule has 0 unspecified atom stereocenters. The number of thiophene rings is 1. The molecule has 2 heterocycles. The molecule has 38 heavy (non-hydrogen) atoms. The minimum absolute atomic E-state index is 0.137. The molecule has 1 aliphatic rings. The van der Waals surface area contributed by atoms with Crippen molar-refractivity contribution in [2.45, 2.75) is 44.1 Å². The maximum absolute atomic E-state index is 6.53. The summed E-state index contributed by atoms with van der Waals surface area (Å²) in [5.74, 6) is 3.34. The molecule has 7 heteroatoms. The zero-order valence-corrected chi connectivity index (χ0v) is 23.9. The number of piperidine rings is 1. The molecule has 0 aliphatic carbocycles. The molecule has 200 valence electrons. The summed E-state index contributed by atoms with van der Waals surface area (Å²) in [6.07, 6.45) is 4.11.